The molecular weight excluding hydrogens is 431 g/mol. The summed E-state index contributed by atoms with van der Waals surface area (Å²) in [6.07, 6.45) is 1.54. The fourth-order valence-corrected chi connectivity index (χ4v) is 4.15. The molecule has 2 heterocycles. The molecule has 2 amide bonds. The van der Waals surface area contributed by atoms with Crippen molar-refractivity contribution >= 4 is 17.6 Å². The van der Waals surface area contributed by atoms with Crippen molar-refractivity contribution in [3.05, 3.63) is 87.4 Å². The molecule has 0 bridgehead atoms. The number of carbonyl (C=O) groups is 1. The lowest BCUT2D eigenvalue weighted by molar-refractivity contribution is 0.103. The van der Waals surface area contributed by atoms with Gasteiger partial charge in [-0.3, -0.25) is 4.68 Å². The molecule has 3 aromatic rings. The highest BCUT2D eigenvalue weighted by atomic mass is 35.5. The van der Waals surface area contributed by atoms with E-state index in [1.807, 2.05) is 34.8 Å². The van der Waals surface area contributed by atoms with Gasteiger partial charge in [-0.15, -0.1) is 0 Å². The van der Waals surface area contributed by atoms with Crippen molar-refractivity contribution in [3.8, 4) is 0 Å². The van der Waals surface area contributed by atoms with E-state index in [0.717, 1.165) is 35.4 Å². The molecule has 8 heteroatoms. The van der Waals surface area contributed by atoms with E-state index in [1.165, 1.54) is 17.7 Å². The van der Waals surface area contributed by atoms with Crippen molar-refractivity contribution in [3.63, 3.8) is 0 Å². The molecule has 0 atom stereocenters. The number of aryl methyl sites for hydroxylation is 1. The summed E-state index contributed by atoms with van der Waals surface area (Å²) in [5.74, 6) is -0.375. The molecule has 1 aliphatic heterocycles. The summed E-state index contributed by atoms with van der Waals surface area (Å²) in [5, 5.41) is 7.95. The number of ether oxygens (including phenoxy) is 1. The molecule has 6 nitrogen and oxygen atoms in total. The zero-order valence-electron chi connectivity index (χ0n) is 18.0. The normalized spacial score (nSPS) is 13.2. The maximum atomic E-state index is 13.2. The second kappa shape index (κ2) is 10.1. The molecule has 0 radical (unpaired) electrons. The van der Waals surface area contributed by atoms with E-state index < -0.39 is 0 Å². The number of nitrogens with one attached hydrogen (secondary N) is 1. The van der Waals surface area contributed by atoms with Gasteiger partial charge >= 0.3 is 6.03 Å². The van der Waals surface area contributed by atoms with Gasteiger partial charge < -0.3 is 15.0 Å². The van der Waals surface area contributed by atoms with Crippen molar-refractivity contribution in [1.29, 1.82) is 0 Å². The zero-order valence-corrected chi connectivity index (χ0v) is 18.7. The van der Waals surface area contributed by atoms with E-state index >= 15 is 0 Å². The maximum absolute atomic E-state index is 13.2. The maximum Gasteiger partial charge on any atom is 0.317 e. The largest absolute Gasteiger partial charge is 0.370 e. The summed E-state index contributed by atoms with van der Waals surface area (Å²) in [6.45, 7) is 2.29. The Bertz CT molecular complexity index is 1090. The van der Waals surface area contributed by atoms with Crippen LogP contribution in [0.25, 0.3) is 0 Å². The number of hydrogen-bond acceptors (Lipinski definition) is 3. The third-order valence-electron chi connectivity index (χ3n) is 5.66. The first kappa shape index (κ1) is 22.3. The van der Waals surface area contributed by atoms with Crippen LogP contribution in [0.1, 0.15) is 28.1 Å². The summed E-state index contributed by atoms with van der Waals surface area (Å²) < 4.78 is 20.9. The average Bonchev–Trinajstić information content (AvgIpc) is 3.11. The van der Waals surface area contributed by atoms with Gasteiger partial charge in [0, 0.05) is 42.8 Å². The van der Waals surface area contributed by atoms with Crippen LogP contribution >= 0.6 is 11.6 Å². The van der Waals surface area contributed by atoms with Gasteiger partial charge in [-0.05, 0) is 29.7 Å². The van der Waals surface area contributed by atoms with Crippen LogP contribution in [0, 0.1) is 5.82 Å². The van der Waals surface area contributed by atoms with Crippen LogP contribution in [0.5, 0.6) is 0 Å². The van der Waals surface area contributed by atoms with Crippen LogP contribution < -0.4 is 5.32 Å². The third-order valence-corrected chi connectivity index (χ3v) is 6.01. The number of aromatic nitrogens is 2. The number of halogens is 2. The Labute approximate surface area is 191 Å². The van der Waals surface area contributed by atoms with E-state index in [-0.39, 0.29) is 18.5 Å². The number of carbonyl (C=O) groups excluding carboxylic acids is 1. The van der Waals surface area contributed by atoms with Crippen LogP contribution in [0.3, 0.4) is 0 Å². The molecule has 1 aliphatic rings. The topological polar surface area (TPSA) is 59.4 Å². The predicted molar refractivity (Wildman–Crippen MR) is 121 cm³/mol. The van der Waals surface area contributed by atoms with Gasteiger partial charge in [0.2, 0.25) is 0 Å². The molecule has 0 spiro atoms. The summed E-state index contributed by atoms with van der Waals surface area (Å²) in [6, 6.07) is 14.3. The van der Waals surface area contributed by atoms with E-state index in [1.54, 1.807) is 6.07 Å². The van der Waals surface area contributed by atoms with Crippen molar-refractivity contribution in [2.45, 2.75) is 32.6 Å². The fraction of sp³-hybridized carbons (Fsp3) is 0.333. The highest BCUT2D eigenvalue weighted by Gasteiger charge is 2.26. The van der Waals surface area contributed by atoms with Gasteiger partial charge in [0.15, 0.2) is 0 Å². The standard InChI is InChI=1S/C24H26ClFN4O2/c1-29-23-10-12-30(24(31)27-11-9-17-5-3-2-4-6-17)14-20(23)22(28-29)16-32-15-18-7-8-19(26)13-21(18)25/h2-8,13H,9-12,14-16H2,1H3,(H,27,31). The van der Waals surface area contributed by atoms with Gasteiger partial charge in [0.1, 0.15) is 5.82 Å². The molecular formula is C24H26ClFN4O2. The predicted octanol–water partition coefficient (Wildman–Crippen LogP) is 4.24. The number of urea groups is 1. The van der Waals surface area contributed by atoms with Crippen molar-refractivity contribution in [2.75, 3.05) is 13.1 Å². The number of rotatable bonds is 7. The number of fused-ring (bicyclic) bond motifs is 1. The van der Waals surface area contributed by atoms with Crippen molar-refractivity contribution in [2.24, 2.45) is 7.05 Å². The van der Waals surface area contributed by atoms with Crippen molar-refractivity contribution < 1.29 is 13.9 Å². The van der Waals surface area contributed by atoms with Gasteiger partial charge in [0.05, 0.1) is 25.5 Å². The first-order valence-corrected chi connectivity index (χ1v) is 11.0. The first-order chi connectivity index (χ1) is 15.5. The second-order valence-electron chi connectivity index (χ2n) is 7.86. The molecule has 1 aromatic heterocycles. The van der Waals surface area contributed by atoms with E-state index in [2.05, 4.69) is 22.5 Å². The Hall–Kier alpha value is -2.90. The quantitative estimate of drug-likeness (QED) is 0.578. The van der Waals surface area contributed by atoms with Crippen LogP contribution in [0.2, 0.25) is 5.02 Å². The van der Waals surface area contributed by atoms with E-state index in [0.29, 0.717) is 31.3 Å². The molecule has 4 rings (SSSR count). The van der Waals surface area contributed by atoms with Crippen molar-refractivity contribution in [1.82, 2.24) is 20.0 Å². The lowest BCUT2D eigenvalue weighted by Gasteiger charge is -2.28. The average molecular weight is 457 g/mol. The second-order valence-corrected chi connectivity index (χ2v) is 8.27. The van der Waals surface area contributed by atoms with Gasteiger partial charge in [-0.25, -0.2) is 9.18 Å². The number of amides is 2. The lowest BCUT2D eigenvalue weighted by atomic mass is 10.1. The Morgan fingerprint density at radius 1 is 1.22 bits per heavy atom. The smallest absolute Gasteiger partial charge is 0.317 e. The third kappa shape index (κ3) is 5.29. The fourth-order valence-electron chi connectivity index (χ4n) is 3.93. The summed E-state index contributed by atoms with van der Waals surface area (Å²) in [5.41, 5.74) is 4.88. The van der Waals surface area contributed by atoms with E-state index in [4.69, 9.17) is 16.3 Å². The van der Waals surface area contributed by atoms with Crippen LogP contribution in [-0.4, -0.2) is 33.8 Å². The Morgan fingerprint density at radius 3 is 2.81 bits per heavy atom. The van der Waals surface area contributed by atoms with E-state index in [9.17, 15) is 9.18 Å². The Morgan fingerprint density at radius 2 is 2.03 bits per heavy atom. The molecule has 0 saturated heterocycles. The summed E-state index contributed by atoms with van der Waals surface area (Å²) in [4.78, 5) is 14.5. The minimum absolute atomic E-state index is 0.0691. The molecule has 1 N–H and O–H groups in total. The SMILES string of the molecule is Cn1nc(COCc2ccc(F)cc2Cl)c2c1CCN(C(=O)NCCc1ccccc1)C2. The van der Waals surface area contributed by atoms with Gasteiger partial charge in [-0.1, -0.05) is 48.0 Å². The Kier molecular flexibility index (Phi) is 7.07. The minimum atomic E-state index is -0.375. The molecule has 0 unspecified atom stereocenters. The van der Waals surface area contributed by atoms with Crippen LogP contribution in [-0.2, 0) is 44.4 Å². The zero-order chi connectivity index (χ0) is 22.5. The minimum Gasteiger partial charge on any atom is -0.370 e. The summed E-state index contributed by atoms with van der Waals surface area (Å²) >= 11 is 6.07. The lowest BCUT2D eigenvalue weighted by Crippen LogP contribution is -2.43. The van der Waals surface area contributed by atoms with Gasteiger partial charge in [-0.2, -0.15) is 5.10 Å². The number of hydrogen-bond donors (Lipinski definition) is 1. The monoisotopic (exact) mass is 456 g/mol. The highest BCUT2D eigenvalue weighted by molar-refractivity contribution is 6.31. The highest BCUT2D eigenvalue weighted by Crippen LogP contribution is 2.24. The molecule has 0 fully saturated rings. The Balaban J connectivity index is 1.33. The molecule has 0 aliphatic carbocycles. The van der Waals surface area contributed by atoms with Crippen LogP contribution in [0.15, 0.2) is 48.5 Å². The number of benzene rings is 2. The molecule has 2 aromatic carbocycles. The molecule has 168 valence electrons. The number of nitrogens with zero attached hydrogens (tertiary/aromatic N) is 3. The first-order valence-electron chi connectivity index (χ1n) is 10.6. The molecule has 32 heavy (non-hydrogen) atoms. The van der Waals surface area contributed by atoms with Crippen LogP contribution in [0.4, 0.5) is 9.18 Å². The van der Waals surface area contributed by atoms with Gasteiger partial charge in [0.25, 0.3) is 0 Å². The molecule has 0 saturated carbocycles. The summed E-state index contributed by atoms with van der Waals surface area (Å²) in [7, 11) is 1.91.